The number of rotatable bonds is 6. The fourth-order valence-electron chi connectivity index (χ4n) is 2.98. The highest BCUT2D eigenvalue weighted by Crippen LogP contribution is 2.24. The Morgan fingerprint density at radius 2 is 1.78 bits per heavy atom. The maximum absolute atomic E-state index is 4.84. The molecule has 0 aliphatic heterocycles. The van der Waals surface area contributed by atoms with Gasteiger partial charge in [-0.15, -0.1) is 0 Å². The zero-order valence-electron chi connectivity index (χ0n) is 15.5. The molecule has 136 valence electrons. The van der Waals surface area contributed by atoms with Gasteiger partial charge in [-0.05, 0) is 26.0 Å². The molecule has 0 amide bonds. The van der Waals surface area contributed by atoms with E-state index in [2.05, 4.69) is 45.8 Å². The molecule has 0 atom stereocenters. The number of aromatic nitrogens is 4. The first-order valence-corrected chi connectivity index (χ1v) is 9.02. The van der Waals surface area contributed by atoms with E-state index in [1.54, 1.807) is 6.20 Å². The van der Waals surface area contributed by atoms with Gasteiger partial charge in [0.2, 0.25) is 0 Å². The average molecular weight is 358 g/mol. The summed E-state index contributed by atoms with van der Waals surface area (Å²) in [4.78, 5) is 8.95. The summed E-state index contributed by atoms with van der Waals surface area (Å²) >= 11 is 0. The van der Waals surface area contributed by atoms with Crippen LogP contribution in [0.5, 0.6) is 0 Å². The number of nitrogens with zero attached hydrogens (tertiary/aromatic N) is 4. The number of hydrogen-bond acceptors (Lipinski definition) is 5. The molecule has 4 aromatic rings. The lowest BCUT2D eigenvalue weighted by atomic mass is 10.1. The highest BCUT2D eigenvalue weighted by atomic mass is 15.3. The van der Waals surface area contributed by atoms with Gasteiger partial charge < -0.3 is 10.6 Å². The molecule has 0 aliphatic rings. The number of nitrogens with one attached hydrogen (secondary N) is 2. The van der Waals surface area contributed by atoms with E-state index >= 15 is 0 Å². The molecule has 6 nitrogen and oxygen atoms in total. The van der Waals surface area contributed by atoms with Crippen LogP contribution in [0.4, 0.5) is 11.5 Å². The van der Waals surface area contributed by atoms with Crippen LogP contribution in [-0.4, -0.2) is 32.7 Å². The van der Waals surface area contributed by atoms with Gasteiger partial charge in [0.25, 0.3) is 0 Å². The summed E-state index contributed by atoms with van der Waals surface area (Å²) in [6, 6.07) is 16.2. The predicted molar refractivity (Wildman–Crippen MR) is 109 cm³/mol. The van der Waals surface area contributed by atoms with Crippen molar-refractivity contribution in [2.75, 3.05) is 23.7 Å². The summed E-state index contributed by atoms with van der Waals surface area (Å²) in [5.74, 6) is 0.933. The number of pyridine rings is 1. The van der Waals surface area contributed by atoms with Crippen molar-refractivity contribution < 1.29 is 0 Å². The van der Waals surface area contributed by atoms with E-state index in [0.717, 1.165) is 52.8 Å². The van der Waals surface area contributed by atoms with Crippen LogP contribution in [-0.2, 0) is 0 Å². The quantitative estimate of drug-likeness (QED) is 0.511. The summed E-state index contributed by atoms with van der Waals surface area (Å²) in [5, 5.41) is 11.5. The molecule has 0 bridgehead atoms. The highest BCUT2D eigenvalue weighted by molar-refractivity contribution is 5.68. The van der Waals surface area contributed by atoms with Crippen molar-refractivity contribution in [3.63, 3.8) is 0 Å². The molecular formula is C21H22N6. The number of anilines is 2. The van der Waals surface area contributed by atoms with E-state index in [9.17, 15) is 0 Å². The first-order valence-electron chi connectivity index (χ1n) is 9.02. The molecule has 27 heavy (non-hydrogen) atoms. The monoisotopic (exact) mass is 358 g/mol. The van der Waals surface area contributed by atoms with Crippen LogP contribution in [0.15, 0.2) is 60.9 Å². The van der Waals surface area contributed by atoms with Crippen molar-refractivity contribution in [1.82, 2.24) is 19.6 Å². The predicted octanol–water partition coefficient (Wildman–Crippen LogP) is 3.93. The topological polar surface area (TPSA) is 67.1 Å². The van der Waals surface area contributed by atoms with E-state index in [1.807, 2.05) is 48.0 Å². The van der Waals surface area contributed by atoms with Gasteiger partial charge >= 0.3 is 0 Å². The normalized spacial score (nSPS) is 10.9. The summed E-state index contributed by atoms with van der Waals surface area (Å²) in [7, 11) is 0. The fraction of sp³-hybridized carbons (Fsp3) is 0.190. The van der Waals surface area contributed by atoms with Crippen LogP contribution >= 0.6 is 0 Å². The fourth-order valence-corrected chi connectivity index (χ4v) is 2.98. The molecule has 2 N–H and O–H groups in total. The summed E-state index contributed by atoms with van der Waals surface area (Å²) in [5.41, 5.74) is 6.02. The van der Waals surface area contributed by atoms with Crippen LogP contribution in [0, 0.1) is 13.8 Å². The van der Waals surface area contributed by atoms with E-state index in [1.165, 1.54) is 0 Å². The lowest BCUT2D eigenvalue weighted by Crippen LogP contribution is -2.16. The minimum Gasteiger partial charge on any atom is -0.382 e. The molecule has 0 unspecified atom stereocenters. The van der Waals surface area contributed by atoms with Gasteiger partial charge in [0, 0.05) is 42.7 Å². The van der Waals surface area contributed by atoms with Gasteiger partial charge in [0.1, 0.15) is 5.82 Å². The second kappa shape index (κ2) is 7.45. The number of fused-ring (bicyclic) bond motifs is 1. The maximum Gasteiger partial charge on any atom is 0.161 e. The van der Waals surface area contributed by atoms with Crippen LogP contribution < -0.4 is 10.6 Å². The number of aryl methyl sites for hydroxylation is 2. The number of hydrogen-bond donors (Lipinski definition) is 2. The third kappa shape index (κ3) is 3.60. The van der Waals surface area contributed by atoms with Gasteiger partial charge in [-0.2, -0.15) is 9.61 Å². The third-order valence-electron chi connectivity index (χ3n) is 4.55. The van der Waals surface area contributed by atoms with Gasteiger partial charge in [0.05, 0.1) is 17.1 Å². The smallest absolute Gasteiger partial charge is 0.161 e. The summed E-state index contributed by atoms with van der Waals surface area (Å²) in [6.07, 6.45) is 3.59. The van der Waals surface area contributed by atoms with Crippen LogP contribution in [0.2, 0.25) is 0 Å². The second-order valence-electron chi connectivity index (χ2n) is 6.43. The molecule has 0 aliphatic carbocycles. The molecule has 6 heteroatoms. The van der Waals surface area contributed by atoms with Crippen molar-refractivity contribution in [2.45, 2.75) is 13.8 Å². The Bertz CT molecular complexity index is 1040. The van der Waals surface area contributed by atoms with Crippen molar-refractivity contribution in [1.29, 1.82) is 0 Å². The lowest BCUT2D eigenvalue weighted by Gasteiger charge is -2.12. The van der Waals surface area contributed by atoms with Crippen molar-refractivity contribution >= 4 is 17.2 Å². The van der Waals surface area contributed by atoms with Crippen LogP contribution in [0.25, 0.3) is 16.9 Å². The van der Waals surface area contributed by atoms with Crippen LogP contribution in [0.3, 0.4) is 0 Å². The lowest BCUT2D eigenvalue weighted by molar-refractivity contribution is 0.907. The molecule has 0 radical (unpaired) electrons. The minimum atomic E-state index is 0.750. The Hall–Kier alpha value is -3.41. The molecule has 4 rings (SSSR count). The summed E-state index contributed by atoms with van der Waals surface area (Å²) in [6.45, 7) is 5.60. The average Bonchev–Trinajstić information content (AvgIpc) is 3.01. The molecule has 0 spiro atoms. The van der Waals surface area contributed by atoms with Gasteiger partial charge in [-0.1, -0.05) is 30.3 Å². The Kier molecular flexibility index (Phi) is 4.70. The Labute approximate surface area is 158 Å². The van der Waals surface area contributed by atoms with E-state index in [0.29, 0.717) is 0 Å². The molecule has 0 fully saturated rings. The zero-order chi connectivity index (χ0) is 18.6. The largest absolute Gasteiger partial charge is 0.382 e. The van der Waals surface area contributed by atoms with Gasteiger partial charge in [0.15, 0.2) is 5.65 Å². The molecule has 1 aromatic carbocycles. The highest BCUT2D eigenvalue weighted by Gasteiger charge is 2.13. The van der Waals surface area contributed by atoms with Gasteiger partial charge in [-0.3, -0.25) is 4.98 Å². The number of benzene rings is 1. The van der Waals surface area contributed by atoms with E-state index in [-0.39, 0.29) is 0 Å². The van der Waals surface area contributed by atoms with Crippen molar-refractivity contribution in [3.05, 3.63) is 72.2 Å². The standard InChI is InChI=1S/C21H22N6/c1-15-16(2)26-27-20(24-12-11-23-18-9-6-10-22-14-18)13-19(25-21(15)27)17-7-4-3-5-8-17/h3-10,13-14,23-24H,11-12H2,1-2H3. The molecule has 3 heterocycles. The molecule has 0 saturated carbocycles. The van der Waals surface area contributed by atoms with E-state index < -0.39 is 0 Å². The Balaban J connectivity index is 1.59. The summed E-state index contributed by atoms with van der Waals surface area (Å²) < 4.78 is 1.89. The molecule has 3 aromatic heterocycles. The third-order valence-corrected chi connectivity index (χ3v) is 4.55. The second-order valence-corrected chi connectivity index (χ2v) is 6.43. The maximum atomic E-state index is 4.84. The Morgan fingerprint density at radius 1 is 0.963 bits per heavy atom. The first-order chi connectivity index (χ1) is 13.2. The molecule has 0 saturated heterocycles. The molecular weight excluding hydrogens is 336 g/mol. The zero-order valence-corrected chi connectivity index (χ0v) is 15.5. The minimum absolute atomic E-state index is 0.750. The SMILES string of the molecule is Cc1nn2c(NCCNc3cccnc3)cc(-c3ccccc3)nc2c1C. The van der Waals surface area contributed by atoms with Crippen LogP contribution in [0.1, 0.15) is 11.3 Å². The van der Waals surface area contributed by atoms with Gasteiger partial charge in [-0.25, -0.2) is 4.98 Å². The van der Waals surface area contributed by atoms with E-state index in [4.69, 9.17) is 4.98 Å². The Morgan fingerprint density at radius 3 is 2.56 bits per heavy atom. The van der Waals surface area contributed by atoms with Crippen molar-refractivity contribution in [3.8, 4) is 11.3 Å². The first kappa shape index (κ1) is 17.0. The van der Waals surface area contributed by atoms with Crippen molar-refractivity contribution in [2.24, 2.45) is 0 Å².